The Kier molecular flexibility index (Phi) is 6.14. The summed E-state index contributed by atoms with van der Waals surface area (Å²) in [6.07, 6.45) is 0.327. The van der Waals surface area contributed by atoms with Crippen molar-refractivity contribution in [2.45, 2.75) is 25.4 Å². The van der Waals surface area contributed by atoms with Gasteiger partial charge in [0.1, 0.15) is 11.8 Å². The maximum Gasteiger partial charge on any atom is 0.325 e. The summed E-state index contributed by atoms with van der Waals surface area (Å²) in [6, 6.07) is 5.93. The van der Waals surface area contributed by atoms with Crippen molar-refractivity contribution in [1.82, 2.24) is 15.5 Å². The molecule has 0 unspecified atom stereocenters. The number of carbonyl (C=O) groups excluding carboxylic acids is 3. The van der Waals surface area contributed by atoms with Crippen LogP contribution in [0.25, 0.3) is 0 Å². The maximum absolute atomic E-state index is 12.3. The van der Waals surface area contributed by atoms with E-state index in [9.17, 15) is 14.4 Å². The highest BCUT2D eigenvalue weighted by Crippen LogP contribution is 2.17. The number of hydrogen-bond donors (Lipinski definition) is 3. The number of methoxy groups -OCH3 is 1. The van der Waals surface area contributed by atoms with Gasteiger partial charge in [-0.3, -0.25) is 14.5 Å². The number of imide groups is 1. The first-order chi connectivity index (χ1) is 11.5. The van der Waals surface area contributed by atoms with Crippen LogP contribution in [-0.4, -0.2) is 54.2 Å². The van der Waals surface area contributed by atoms with Crippen LogP contribution < -0.4 is 15.4 Å². The highest BCUT2D eigenvalue weighted by molar-refractivity contribution is 6.04. The Hall–Kier alpha value is -2.61. The highest BCUT2D eigenvalue weighted by Gasteiger charge is 2.37. The number of amides is 4. The van der Waals surface area contributed by atoms with E-state index in [1.54, 1.807) is 31.4 Å². The molecule has 3 N–H and O–H groups in total. The lowest BCUT2D eigenvalue weighted by atomic mass is 10.1. The molecule has 1 fully saturated rings. The summed E-state index contributed by atoms with van der Waals surface area (Å²) in [5.74, 6) is 0.0909. The minimum absolute atomic E-state index is 0.104. The average Bonchev–Trinajstić information content (AvgIpc) is 2.86. The zero-order chi connectivity index (χ0) is 17.5. The molecule has 1 saturated heterocycles. The van der Waals surface area contributed by atoms with E-state index in [0.29, 0.717) is 5.75 Å². The topological polar surface area (TPSA) is 108 Å². The molecule has 0 saturated carbocycles. The Balaban J connectivity index is 1.89. The average molecular weight is 335 g/mol. The van der Waals surface area contributed by atoms with Crippen LogP contribution in [-0.2, 0) is 16.1 Å². The number of aliphatic hydroxyl groups excluding tert-OH is 1. The third-order valence-electron chi connectivity index (χ3n) is 3.70. The first-order valence-electron chi connectivity index (χ1n) is 7.67. The number of benzene rings is 1. The van der Waals surface area contributed by atoms with Gasteiger partial charge in [-0.2, -0.15) is 0 Å². The van der Waals surface area contributed by atoms with Gasteiger partial charge in [-0.1, -0.05) is 12.1 Å². The molecule has 4 amide bonds. The lowest BCUT2D eigenvalue weighted by Crippen LogP contribution is -2.33. The molecule has 24 heavy (non-hydrogen) atoms. The minimum Gasteiger partial charge on any atom is -0.497 e. The lowest BCUT2D eigenvalue weighted by Gasteiger charge is -2.13. The van der Waals surface area contributed by atoms with E-state index in [4.69, 9.17) is 9.84 Å². The largest absolute Gasteiger partial charge is 0.497 e. The summed E-state index contributed by atoms with van der Waals surface area (Å²) < 4.78 is 5.07. The predicted molar refractivity (Wildman–Crippen MR) is 85.2 cm³/mol. The number of hydrogen-bond acceptors (Lipinski definition) is 5. The molecule has 130 valence electrons. The zero-order valence-corrected chi connectivity index (χ0v) is 13.4. The van der Waals surface area contributed by atoms with Crippen LogP contribution in [0.1, 0.15) is 18.4 Å². The Morgan fingerprint density at radius 3 is 2.67 bits per heavy atom. The number of aliphatic hydroxyl groups is 1. The summed E-state index contributed by atoms with van der Waals surface area (Å²) in [5, 5.41) is 13.7. The van der Waals surface area contributed by atoms with Crippen molar-refractivity contribution in [1.29, 1.82) is 0 Å². The molecular formula is C16H21N3O5. The van der Waals surface area contributed by atoms with Gasteiger partial charge in [0.05, 0.1) is 20.3 Å². The van der Waals surface area contributed by atoms with Crippen LogP contribution >= 0.6 is 0 Å². The van der Waals surface area contributed by atoms with Crippen molar-refractivity contribution in [2.24, 2.45) is 0 Å². The lowest BCUT2D eigenvalue weighted by molar-refractivity contribution is -0.128. The fourth-order valence-corrected chi connectivity index (χ4v) is 2.39. The molecular weight excluding hydrogens is 314 g/mol. The second kappa shape index (κ2) is 8.30. The Morgan fingerprint density at radius 2 is 2.04 bits per heavy atom. The molecule has 0 spiro atoms. The van der Waals surface area contributed by atoms with Crippen molar-refractivity contribution >= 4 is 17.8 Å². The van der Waals surface area contributed by atoms with Crippen LogP contribution in [0.15, 0.2) is 24.3 Å². The van der Waals surface area contributed by atoms with Crippen LogP contribution in [0, 0.1) is 0 Å². The molecule has 1 aromatic carbocycles. The standard InChI is InChI=1S/C16H21N3O5/c1-24-12-4-2-11(3-5-12)10-19-15(22)13(18-16(19)23)6-7-14(21)17-8-9-20/h2-5,13,20H,6-10H2,1H3,(H,17,21)(H,18,23)/t13-/m1/s1. The minimum atomic E-state index is -0.698. The first-order valence-corrected chi connectivity index (χ1v) is 7.67. The number of rotatable bonds is 8. The Bertz CT molecular complexity index is 602. The van der Waals surface area contributed by atoms with Gasteiger partial charge in [0.25, 0.3) is 5.91 Å². The number of carbonyl (C=O) groups is 3. The molecule has 0 radical (unpaired) electrons. The highest BCUT2D eigenvalue weighted by atomic mass is 16.5. The molecule has 1 aromatic rings. The van der Waals surface area contributed by atoms with Gasteiger partial charge in [-0.15, -0.1) is 0 Å². The molecule has 1 heterocycles. The summed E-state index contributed by atoms with van der Waals surface area (Å²) >= 11 is 0. The monoisotopic (exact) mass is 335 g/mol. The van der Waals surface area contributed by atoms with E-state index in [1.807, 2.05) is 0 Å². The second-order valence-corrected chi connectivity index (χ2v) is 5.39. The molecule has 8 heteroatoms. The zero-order valence-electron chi connectivity index (χ0n) is 13.4. The normalized spacial score (nSPS) is 16.9. The van der Waals surface area contributed by atoms with Gasteiger partial charge in [0.2, 0.25) is 5.91 Å². The molecule has 0 aliphatic carbocycles. The quantitative estimate of drug-likeness (QED) is 0.580. The van der Waals surface area contributed by atoms with Gasteiger partial charge in [0, 0.05) is 13.0 Å². The second-order valence-electron chi connectivity index (χ2n) is 5.39. The van der Waals surface area contributed by atoms with Crippen LogP contribution in [0.5, 0.6) is 5.75 Å². The molecule has 8 nitrogen and oxygen atoms in total. The van der Waals surface area contributed by atoms with Gasteiger partial charge in [0.15, 0.2) is 0 Å². The van der Waals surface area contributed by atoms with Crippen LogP contribution in [0.4, 0.5) is 4.79 Å². The molecule has 2 rings (SSSR count). The maximum atomic E-state index is 12.3. The Labute approximate surface area is 139 Å². The van der Waals surface area contributed by atoms with Crippen LogP contribution in [0.2, 0.25) is 0 Å². The van der Waals surface area contributed by atoms with Crippen molar-refractivity contribution < 1.29 is 24.2 Å². The van der Waals surface area contributed by atoms with E-state index in [-0.39, 0.29) is 44.4 Å². The summed E-state index contributed by atoms with van der Waals surface area (Å²) in [7, 11) is 1.56. The summed E-state index contributed by atoms with van der Waals surface area (Å²) in [4.78, 5) is 36.9. The SMILES string of the molecule is COc1ccc(CN2C(=O)N[C@H](CCC(=O)NCCO)C2=O)cc1. The van der Waals surface area contributed by atoms with Gasteiger partial charge < -0.3 is 20.5 Å². The number of nitrogens with one attached hydrogen (secondary N) is 2. The number of urea groups is 1. The molecule has 0 bridgehead atoms. The van der Waals surface area contributed by atoms with Crippen molar-refractivity contribution in [2.75, 3.05) is 20.3 Å². The molecule has 1 aliphatic heterocycles. The van der Waals surface area contributed by atoms with E-state index < -0.39 is 12.1 Å². The fourth-order valence-electron chi connectivity index (χ4n) is 2.39. The molecule has 1 atom stereocenters. The summed E-state index contributed by atoms with van der Waals surface area (Å²) in [6.45, 7) is 0.204. The van der Waals surface area contributed by atoms with Crippen molar-refractivity contribution in [3.05, 3.63) is 29.8 Å². The van der Waals surface area contributed by atoms with E-state index >= 15 is 0 Å². The number of ether oxygens (including phenoxy) is 1. The van der Waals surface area contributed by atoms with Gasteiger partial charge in [-0.25, -0.2) is 4.79 Å². The smallest absolute Gasteiger partial charge is 0.325 e. The van der Waals surface area contributed by atoms with E-state index in [0.717, 1.165) is 10.5 Å². The Morgan fingerprint density at radius 1 is 1.33 bits per heavy atom. The van der Waals surface area contributed by atoms with Gasteiger partial charge >= 0.3 is 6.03 Å². The summed E-state index contributed by atoms with van der Waals surface area (Å²) in [5.41, 5.74) is 0.806. The van der Waals surface area contributed by atoms with E-state index in [1.165, 1.54) is 0 Å². The predicted octanol–water partition coefficient (Wildman–Crippen LogP) is 0.00430. The number of nitrogens with zero attached hydrogens (tertiary/aromatic N) is 1. The van der Waals surface area contributed by atoms with Crippen molar-refractivity contribution in [3.63, 3.8) is 0 Å². The van der Waals surface area contributed by atoms with Crippen molar-refractivity contribution in [3.8, 4) is 5.75 Å². The van der Waals surface area contributed by atoms with Crippen LogP contribution in [0.3, 0.4) is 0 Å². The third kappa shape index (κ3) is 4.45. The fraction of sp³-hybridized carbons (Fsp3) is 0.438. The first kappa shape index (κ1) is 17.7. The van der Waals surface area contributed by atoms with Gasteiger partial charge in [-0.05, 0) is 24.1 Å². The third-order valence-corrected chi connectivity index (χ3v) is 3.70. The van der Waals surface area contributed by atoms with E-state index in [2.05, 4.69) is 10.6 Å². The molecule has 0 aromatic heterocycles. The molecule has 1 aliphatic rings.